The van der Waals surface area contributed by atoms with E-state index in [0.29, 0.717) is 39.5 Å². The fourth-order valence-corrected chi connectivity index (χ4v) is 3.42. The Kier molecular flexibility index (Phi) is 5.80. The van der Waals surface area contributed by atoms with E-state index in [1.807, 2.05) is 18.2 Å². The number of aryl methyl sites for hydroxylation is 1. The highest BCUT2D eigenvalue weighted by molar-refractivity contribution is 7.98. The zero-order valence-electron chi connectivity index (χ0n) is 14.2. The van der Waals surface area contributed by atoms with E-state index in [-0.39, 0.29) is 5.91 Å². The predicted octanol–water partition coefficient (Wildman–Crippen LogP) is 4.58. The monoisotopic (exact) mass is 389 g/mol. The molecule has 0 unspecified atom stereocenters. The van der Waals surface area contributed by atoms with Crippen LogP contribution in [0.5, 0.6) is 5.75 Å². The first-order chi connectivity index (χ1) is 12.6. The van der Waals surface area contributed by atoms with E-state index in [0.717, 1.165) is 4.90 Å². The highest BCUT2D eigenvalue weighted by atomic mass is 35.5. The van der Waals surface area contributed by atoms with Crippen molar-refractivity contribution < 1.29 is 14.1 Å². The van der Waals surface area contributed by atoms with Gasteiger partial charge in [-0.1, -0.05) is 28.9 Å². The lowest BCUT2D eigenvalue weighted by Gasteiger charge is -2.10. The molecule has 0 bridgehead atoms. The van der Waals surface area contributed by atoms with Gasteiger partial charge in [0, 0.05) is 17.5 Å². The summed E-state index contributed by atoms with van der Waals surface area (Å²) < 4.78 is 10.1. The number of carbonyl (C=O) groups excluding carboxylic acids is 1. The van der Waals surface area contributed by atoms with Gasteiger partial charge >= 0.3 is 0 Å². The summed E-state index contributed by atoms with van der Waals surface area (Å²) in [4.78, 5) is 17.7. The molecule has 1 aromatic heterocycles. The number of hydrogen-bond donors (Lipinski definition) is 1. The third-order valence-electron chi connectivity index (χ3n) is 3.47. The Morgan fingerprint density at radius 1 is 1.31 bits per heavy atom. The van der Waals surface area contributed by atoms with Gasteiger partial charge < -0.3 is 14.6 Å². The molecule has 1 amide bonds. The minimum atomic E-state index is -0.223. The van der Waals surface area contributed by atoms with Crippen LogP contribution in [-0.2, 0) is 5.75 Å². The lowest BCUT2D eigenvalue weighted by molar-refractivity contribution is 0.102. The molecule has 0 aliphatic rings. The quantitative estimate of drug-likeness (QED) is 0.621. The third kappa shape index (κ3) is 4.36. The molecule has 8 heteroatoms. The molecule has 0 aliphatic carbocycles. The largest absolute Gasteiger partial charge is 0.495 e. The molecule has 0 atom stereocenters. The minimum absolute atomic E-state index is 0.223. The number of benzene rings is 2. The summed E-state index contributed by atoms with van der Waals surface area (Å²) in [6.07, 6.45) is 0. The normalized spacial score (nSPS) is 10.6. The van der Waals surface area contributed by atoms with Gasteiger partial charge in [-0.3, -0.25) is 4.79 Å². The average Bonchev–Trinajstić information content (AvgIpc) is 3.05. The number of aromatic nitrogens is 2. The van der Waals surface area contributed by atoms with Gasteiger partial charge in [0.05, 0.1) is 23.4 Å². The Labute approximate surface area is 159 Å². The van der Waals surface area contributed by atoms with Gasteiger partial charge in [-0.05, 0) is 30.3 Å². The predicted molar refractivity (Wildman–Crippen MR) is 101 cm³/mol. The van der Waals surface area contributed by atoms with Crippen molar-refractivity contribution in [1.29, 1.82) is 0 Å². The number of nitrogens with zero attached hydrogens (tertiary/aromatic N) is 2. The van der Waals surface area contributed by atoms with Crippen LogP contribution < -0.4 is 10.1 Å². The van der Waals surface area contributed by atoms with Gasteiger partial charge in [-0.15, -0.1) is 11.8 Å². The van der Waals surface area contributed by atoms with Crippen LogP contribution in [0.2, 0.25) is 5.02 Å². The van der Waals surface area contributed by atoms with Gasteiger partial charge in [0.25, 0.3) is 5.91 Å². The van der Waals surface area contributed by atoms with Gasteiger partial charge in [0.15, 0.2) is 5.82 Å². The molecular formula is C18H16ClN3O3S. The SMILES string of the molecule is COc1ccc(NC(=O)c2ccccc2SCc2noc(C)n2)cc1Cl. The van der Waals surface area contributed by atoms with Gasteiger partial charge in [-0.2, -0.15) is 4.98 Å². The number of methoxy groups -OCH3 is 1. The molecule has 3 aromatic rings. The number of rotatable bonds is 6. The highest BCUT2D eigenvalue weighted by Gasteiger charge is 2.14. The lowest BCUT2D eigenvalue weighted by Crippen LogP contribution is -2.13. The minimum Gasteiger partial charge on any atom is -0.495 e. The Morgan fingerprint density at radius 3 is 2.81 bits per heavy atom. The molecule has 1 N–H and O–H groups in total. The second-order valence-electron chi connectivity index (χ2n) is 5.32. The third-order valence-corrected chi connectivity index (χ3v) is 4.83. The standard InChI is InChI=1S/C18H16ClN3O3S/c1-11-20-17(22-25-11)10-26-16-6-4-3-5-13(16)18(23)21-12-7-8-15(24-2)14(19)9-12/h3-9H,10H2,1-2H3,(H,21,23). The zero-order valence-corrected chi connectivity index (χ0v) is 15.7. The number of thioether (sulfide) groups is 1. The Bertz CT molecular complexity index is 930. The first-order valence-electron chi connectivity index (χ1n) is 7.72. The maximum Gasteiger partial charge on any atom is 0.256 e. The summed E-state index contributed by atoms with van der Waals surface area (Å²) in [6, 6.07) is 12.4. The van der Waals surface area contributed by atoms with Crippen molar-refractivity contribution in [3.8, 4) is 5.75 Å². The first kappa shape index (κ1) is 18.3. The molecule has 0 fully saturated rings. The van der Waals surface area contributed by atoms with E-state index < -0.39 is 0 Å². The van der Waals surface area contributed by atoms with Crippen molar-refractivity contribution >= 4 is 35.0 Å². The Balaban J connectivity index is 1.74. The summed E-state index contributed by atoms with van der Waals surface area (Å²) in [5.74, 6) is 1.94. The fraction of sp³-hybridized carbons (Fsp3) is 0.167. The van der Waals surface area contributed by atoms with Gasteiger partial charge in [0.2, 0.25) is 5.89 Å². The van der Waals surface area contributed by atoms with Crippen LogP contribution in [0.1, 0.15) is 22.1 Å². The molecule has 1 heterocycles. The molecule has 0 saturated heterocycles. The van der Waals surface area contributed by atoms with E-state index in [9.17, 15) is 4.79 Å². The van der Waals surface area contributed by atoms with Gasteiger partial charge in [0.1, 0.15) is 5.75 Å². The van der Waals surface area contributed by atoms with Crippen LogP contribution in [0, 0.1) is 6.92 Å². The summed E-state index contributed by atoms with van der Waals surface area (Å²) in [5.41, 5.74) is 1.15. The fourth-order valence-electron chi connectivity index (χ4n) is 2.26. The number of halogens is 1. The maximum atomic E-state index is 12.7. The Hall–Kier alpha value is -2.51. The van der Waals surface area contributed by atoms with Crippen LogP contribution in [-0.4, -0.2) is 23.2 Å². The van der Waals surface area contributed by atoms with E-state index >= 15 is 0 Å². The molecule has 3 rings (SSSR count). The number of nitrogens with one attached hydrogen (secondary N) is 1. The van der Waals surface area contributed by atoms with Crippen LogP contribution in [0.4, 0.5) is 5.69 Å². The lowest BCUT2D eigenvalue weighted by atomic mass is 10.2. The van der Waals surface area contributed by atoms with E-state index in [1.54, 1.807) is 31.2 Å². The first-order valence-corrected chi connectivity index (χ1v) is 9.09. The van der Waals surface area contributed by atoms with Crippen molar-refractivity contribution in [1.82, 2.24) is 10.1 Å². The number of hydrogen-bond acceptors (Lipinski definition) is 6. The molecule has 0 aliphatic heterocycles. The maximum absolute atomic E-state index is 12.7. The number of ether oxygens (including phenoxy) is 1. The number of carbonyl (C=O) groups is 1. The van der Waals surface area contributed by atoms with Crippen molar-refractivity contribution in [3.05, 3.63) is 64.8 Å². The van der Waals surface area contributed by atoms with Crippen molar-refractivity contribution in [2.45, 2.75) is 17.6 Å². The topological polar surface area (TPSA) is 77.2 Å². The number of amides is 1. The van der Waals surface area contributed by atoms with E-state index in [4.69, 9.17) is 20.9 Å². The van der Waals surface area contributed by atoms with Gasteiger partial charge in [-0.25, -0.2) is 0 Å². The molecular weight excluding hydrogens is 374 g/mol. The molecule has 26 heavy (non-hydrogen) atoms. The van der Waals surface area contributed by atoms with Crippen molar-refractivity contribution in [2.24, 2.45) is 0 Å². The highest BCUT2D eigenvalue weighted by Crippen LogP contribution is 2.29. The molecule has 0 spiro atoms. The van der Waals surface area contributed by atoms with E-state index in [2.05, 4.69) is 15.5 Å². The van der Waals surface area contributed by atoms with E-state index in [1.165, 1.54) is 18.9 Å². The van der Waals surface area contributed by atoms with Crippen LogP contribution >= 0.6 is 23.4 Å². The zero-order chi connectivity index (χ0) is 18.5. The molecule has 134 valence electrons. The number of anilines is 1. The molecule has 0 radical (unpaired) electrons. The molecule has 6 nitrogen and oxygen atoms in total. The summed E-state index contributed by atoms with van der Waals surface area (Å²) >= 11 is 7.58. The smallest absolute Gasteiger partial charge is 0.256 e. The van der Waals surface area contributed by atoms with Crippen molar-refractivity contribution in [3.63, 3.8) is 0 Å². The van der Waals surface area contributed by atoms with Crippen molar-refractivity contribution in [2.75, 3.05) is 12.4 Å². The van der Waals surface area contributed by atoms with Crippen LogP contribution in [0.25, 0.3) is 0 Å². The second kappa shape index (κ2) is 8.25. The Morgan fingerprint density at radius 2 is 2.12 bits per heavy atom. The molecule has 2 aromatic carbocycles. The molecule has 0 saturated carbocycles. The second-order valence-corrected chi connectivity index (χ2v) is 6.74. The summed E-state index contributed by atoms with van der Waals surface area (Å²) in [7, 11) is 1.54. The van der Waals surface area contributed by atoms with Crippen LogP contribution in [0.15, 0.2) is 51.9 Å². The average molecular weight is 390 g/mol. The van der Waals surface area contributed by atoms with Crippen LogP contribution in [0.3, 0.4) is 0 Å². The summed E-state index contributed by atoms with van der Waals surface area (Å²) in [6.45, 7) is 1.74. The summed E-state index contributed by atoms with van der Waals surface area (Å²) in [5, 5.41) is 7.15.